The van der Waals surface area contributed by atoms with Crippen molar-refractivity contribution >= 4 is 16.2 Å². The van der Waals surface area contributed by atoms with Crippen LogP contribution >= 0.6 is 0 Å². The fraction of sp³-hybridized carbons (Fsp3) is 0.923. The number of hydrogen-bond acceptors (Lipinski definition) is 3. The summed E-state index contributed by atoms with van der Waals surface area (Å²) in [5, 5.41) is 8.96. The van der Waals surface area contributed by atoms with E-state index in [2.05, 4.69) is 0 Å². The van der Waals surface area contributed by atoms with Crippen LogP contribution in [0.15, 0.2) is 0 Å². The molecule has 2 fully saturated rings. The molecule has 7 heteroatoms. The Bertz CT molecular complexity index is 451. The summed E-state index contributed by atoms with van der Waals surface area (Å²) in [5.41, 5.74) is 0. The van der Waals surface area contributed by atoms with Crippen LogP contribution in [0.2, 0.25) is 0 Å². The summed E-state index contributed by atoms with van der Waals surface area (Å²) in [5.74, 6) is -0.113. The van der Waals surface area contributed by atoms with Gasteiger partial charge in [-0.05, 0) is 37.0 Å². The molecule has 2 rings (SSSR count). The third kappa shape index (κ3) is 3.93. The molecule has 1 saturated heterocycles. The summed E-state index contributed by atoms with van der Waals surface area (Å²) in [4.78, 5) is 10.9. The molecule has 0 aromatic heterocycles. The van der Waals surface area contributed by atoms with Crippen LogP contribution < -0.4 is 0 Å². The number of piperidine rings is 1. The van der Waals surface area contributed by atoms with Crippen molar-refractivity contribution in [2.45, 2.75) is 33.1 Å². The van der Waals surface area contributed by atoms with Gasteiger partial charge in [-0.3, -0.25) is 4.79 Å². The predicted molar refractivity (Wildman–Crippen MR) is 75.4 cm³/mol. The van der Waals surface area contributed by atoms with Gasteiger partial charge in [0.15, 0.2) is 0 Å². The third-order valence-electron chi connectivity index (χ3n) is 3.96. The number of rotatable bonds is 6. The summed E-state index contributed by atoms with van der Waals surface area (Å²) in [7, 11) is -3.65. The van der Waals surface area contributed by atoms with E-state index in [4.69, 9.17) is 5.11 Å². The van der Waals surface area contributed by atoms with Crippen molar-refractivity contribution in [3.05, 3.63) is 0 Å². The van der Waals surface area contributed by atoms with E-state index in [1.807, 2.05) is 13.8 Å². The van der Waals surface area contributed by atoms with Crippen molar-refractivity contribution in [2.24, 2.45) is 17.8 Å². The zero-order valence-corrected chi connectivity index (χ0v) is 13.0. The summed E-state index contributed by atoms with van der Waals surface area (Å²) in [6.07, 6.45) is 3.02. The molecule has 1 N–H and O–H groups in total. The van der Waals surface area contributed by atoms with Crippen LogP contribution in [0.4, 0.5) is 0 Å². The first-order valence-electron chi connectivity index (χ1n) is 7.26. The number of nitrogens with zero attached hydrogens (tertiary/aromatic N) is 2. The predicted octanol–water partition coefficient (Wildman–Crippen LogP) is 1.01. The second-order valence-corrected chi connectivity index (χ2v) is 8.33. The Balaban J connectivity index is 2.13. The number of carboxylic acids is 1. The fourth-order valence-corrected chi connectivity index (χ4v) is 4.82. The first-order valence-corrected chi connectivity index (χ1v) is 8.65. The van der Waals surface area contributed by atoms with Gasteiger partial charge in [0.1, 0.15) is 6.54 Å². The highest BCUT2D eigenvalue weighted by molar-refractivity contribution is 7.86. The zero-order valence-electron chi connectivity index (χ0n) is 12.2. The van der Waals surface area contributed by atoms with E-state index in [1.165, 1.54) is 4.31 Å². The molecule has 0 spiro atoms. The highest BCUT2D eigenvalue weighted by atomic mass is 32.2. The quantitative estimate of drug-likeness (QED) is 0.794. The fourth-order valence-electron chi connectivity index (χ4n) is 2.94. The molecule has 0 aromatic rings. The smallest absolute Gasteiger partial charge is 0.318 e. The minimum atomic E-state index is -3.65. The second-order valence-electron chi connectivity index (χ2n) is 6.40. The van der Waals surface area contributed by atoms with Gasteiger partial charge in [0, 0.05) is 19.6 Å². The number of carboxylic acid groups (broad SMARTS) is 1. The van der Waals surface area contributed by atoms with E-state index >= 15 is 0 Å². The van der Waals surface area contributed by atoms with Crippen molar-refractivity contribution in [3.63, 3.8) is 0 Å². The van der Waals surface area contributed by atoms with E-state index in [9.17, 15) is 13.2 Å². The van der Waals surface area contributed by atoms with Gasteiger partial charge in [0.2, 0.25) is 0 Å². The maximum absolute atomic E-state index is 12.7. The minimum Gasteiger partial charge on any atom is -0.480 e. The van der Waals surface area contributed by atoms with Crippen molar-refractivity contribution < 1.29 is 18.3 Å². The molecule has 20 heavy (non-hydrogen) atoms. The molecular weight excluding hydrogens is 280 g/mol. The first kappa shape index (κ1) is 15.7. The Labute approximate surface area is 120 Å². The van der Waals surface area contributed by atoms with E-state index in [0.717, 1.165) is 23.6 Å². The molecule has 1 heterocycles. The highest BCUT2D eigenvalue weighted by Crippen LogP contribution is 2.32. The Morgan fingerprint density at radius 3 is 2.25 bits per heavy atom. The Morgan fingerprint density at radius 1 is 1.25 bits per heavy atom. The van der Waals surface area contributed by atoms with Crippen LogP contribution in [-0.2, 0) is 15.0 Å². The van der Waals surface area contributed by atoms with Crippen molar-refractivity contribution in [1.29, 1.82) is 0 Å². The largest absolute Gasteiger partial charge is 0.480 e. The third-order valence-corrected chi connectivity index (χ3v) is 5.84. The summed E-state index contributed by atoms with van der Waals surface area (Å²) >= 11 is 0. The molecule has 0 radical (unpaired) electrons. The van der Waals surface area contributed by atoms with Crippen LogP contribution in [0.1, 0.15) is 33.1 Å². The molecule has 116 valence electrons. The molecule has 2 unspecified atom stereocenters. The maximum atomic E-state index is 12.7. The van der Waals surface area contributed by atoms with Gasteiger partial charge in [-0.2, -0.15) is 17.0 Å². The monoisotopic (exact) mass is 304 g/mol. The molecule has 0 amide bonds. The summed E-state index contributed by atoms with van der Waals surface area (Å²) in [6, 6.07) is 0. The number of hydrogen-bond donors (Lipinski definition) is 1. The topological polar surface area (TPSA) is 77.9 Å². The maximum Gasteiger partial charge on any atom is 0.318 e. The van der Waals surface area contributed by atoms with Gasteiger partial charge >= 0.3 is 5.97 Å². The lowest BCUT2D eigenvalue weighted by molar-refractivity contribution is -0.137. The van der Waals surface area contributed by atoms with Crippen LogP contribution in [0, 0.1) is 17.8 Å². The van der Waals surface area contributed by atoms with Crippen LogP contribution in [0.5, 0.6) is 0 Å². The Hall–Kier alpha value is -0.660. The normalized spacial score (nSPS) is 28.8. The van der Waals surface area contributed by atoms with E-state index in [1.54, 1.807) is 0 Å². The van der Waals surface area contributed by atoms with Crippen molar-refractivity contribution in [2.75, 3.05) is 26.2 Å². The van der Waals surface area contributed by atoms with Crippen molar-refractivity contribution in [3.8, 4) is 0 Å². The Morgan fingerprint density at radius 2 is 1.80 bits per heavy atom. The molecule has 0 aromatic carbocycles. The van der Waals surface area contributed by atoms with Gasteiger partial charge in [0.05, 0.1) is 0 Å². The molecule has 1 aliphatic heterocycles. The first-order chi connectivity index (χ1) is 9.29. The Kier molecular flexibility index (Phi) is 4.71. The molecule has 1 saturated carbocycles. The lowest BCUT2D eigenvalue weighted by Crippen LogP contribution is -2.51. The molecule has 0 bridgehead atoms. The van der Waals surface area contributed by atoms with Gasteiger partial charge < -0.3 is 5.11 Å². The SMILES string of the molecule is CC1CC(C)CN(S(=O)(=O)N(CC(=O)O)CC2CC2)C1. The van der Waals surface area contributed by atoms with Gasteiger partial charge in [-0.1, -0.05) is 13.8 Å². The standard InChI is InChI=1S/C13H24N2O4S/c1-10-5-11(2)7-14(6-10)20(18,19)15(9-13(16)17)8-12-3-4-12/h10-12H,3-9H2,1-2H3,(H,16,17). The highest BCUT2D eigenvalue weighted by Gasteiger charge is 2.38. The van der Waals surface area contributed by atoms with Crippen LogP contribution in [0.3, 0.4) is 0 Å². The van der Waals surface area contributed by atoms with E-state index in [-0.39, 0.29) is 0 Å². The lowest BCUT2D eigenvalue weighted by Gasteiger charge is -2.36. The van der Waals surface area contributed by atoms with E-state index in [0.29, 0.717) is 37.4 Å². The van der Waals surface area contributed by atoms with Crippen molar-refractivity contribution in [1.82, 2.24) is 8.61 Å². The second kappa shape index (κ2) is 5.99. The van der Waals surface area contributed by atoms with Crippen LogP contribution in [-0.4, -0.2) is 54.3 Å². The number of aliphatic carboxylic acids is 1. The van der Waals surface area contributed by atoms with Gasteiger partial charge in [-0.25, -0.2) is 0 Å². The van der Waals surface area contributed by atoms with Gasteiger partial charge in [-0.15, -0.1) is 0 Å². The summed E-state index contributed by atoms with van der Waals surface area (Å²) in [6.45, 7) is 4.98. The zero-order chi connectivity index (χ0) is 14.9. The molecular formula is C13H24N2O4S. The average Bonchev–Trinajstić information content (AvgIpc) is 3.10. The number of carbonyl (C=O) groups is 1. The van der Waals surface area contributed by atoms with Gasteiger partial charge in [0.25, 0.3) is 10.2 Å². The van der Waals surface area contributed by atoms with Crippen LogP contribution in [0.25, 0.3) is 0 Å². The summed E-state index contributed by atoms with van der Waals surface area (Å²) < 4.78 is 27.9. The van der Waals surface area contributed by atoms with E-state index < -0.39 is 22.7 Å². The molecule has 6 nitrogen and oxygen atoms in total. The molecule has 1 aliphatic carbocycles. The minimum absolute atomic E-state index is 0.320. The lowest BCUT2D eigenvalue weighted by atomic mass is 9.94. The average molecular weight is 304 g/mol. The molecule has 2 aliphatic rings. The molecule has 2 atom stereocenters.